The Labute approximate surface area is 185 Å². The van der Waals surface area contributed by atoms with Crippen molar-refractivity contribution in [1.82, 2.24) is 20.6 Å². The van der Waals surface area contributed by atoms with Crippen LogP contribution in [0.3, 0.4) is 0 Å². The number of thiazole rings is 2. The van der Waals surface area contributed by atoms with E-state index >= 15 is 0 Å². The molecule has 0 saturated heterocycles. The molecule has 0 saturated carbocycles. The molecular formula is C17H17F3IN5S2. The van der Waals surface area contributed by atoms with E-state index in [1.165, 1.54) is 11.3 Å². The molecule has 28 heavy (non-hydrogen) atoms. The van der Waals surface area contributed by atoms with Crippen molar-refractivity contribution in [3.05, 3.63) is 56.8 Å². The molecule has 0 aliphatic rings. The highest BCUT2D eigenvalue weighted by atomic mass is 127. The maximum atomic E-state index is 12.6. The first-order valence-electron chi connectivity index (χ1n) is 7.91. The minimum Gasteiger partial charge on any atom is -0.350 e. The summed E-state index contributed by atoms with van der Waals surface area (Å²) in [5, 5.41) is 10.3. The number of nitrogens with zero attached hydrogens (tertiary/aromatic N) is 3. The second-order valence-corrected chi connectivity index (χ2v) is 7.28. The minimum absolute atomic E-state index is 0. The molecule has 0 bridgehead atoms. The van der Waals surface area contributed by atoms with Gasteiger partial charge in [-0.25, -0.2) is 9.97 Å². The zero-order chi connectivity index (χ0) is 19.3. The van der Waals surface area contributed by atoms with Crippen LogP contribution in [0.25, 0.3) is 11.3 Å². The van der Waals surface area contributed by atoms with Gasteiger partial charge in [0.1, 0.15) is 10.0 Å². The molecule has 0 amide bonds. The topological polar surface area (TPSA) is 62.2 Å². The van der Waals surface area contributed by atoms with Crippen LogP contribution >= 0.6 is 46.7 Å². The lowest BCUT2D eigenvalue weighted by Gasteiger charge is -2.09. The third-order valence-corrected chi connectivity index (χ3v) is 5.20. The van der Waals surface area contributed by atoms with Crippen LogP contribution < -0.4 is 10.6 Å². The van der Waals surface area contributed by atoms with Gasteiger partial charge < -0.3 is 10.6 Å². The zero-order valence-electron chi connectivity index (χ0n) is 14.7. The lowest BCUT2D eigenvalue weighted by Crippen LogP contribution is -2.36. The molecule has 2 aromatic heterocycles. The van der Waals surface area contributed by atoms with Crippen LogP contribution in [0.2, 0.25) is 0 Å². The van der Waals surface area contributed by atoms with Gasteiger partial charge in [0, 0.05) is 23.4 Å². The number of hydrogen-bond acceptors (Lipinski definition) is 5. The number of alkyl halides is 3. The van der Waals surface area contributed by atoms with E-state index in [-0.39, 0.29) is 30.5 Å². The summed E-state index contributed by atoms with van der Waals surface area (Å²) in [6.45, 7) is 0.621. The van der Waals surface area contributed by atoms with Crippen molar-refractivity contribution in [3.8, 4) is 11.3 Å². The van der Waals surface area contributed by atoms with Gasteiger partial charge in [0.2, 0.25) is 0 Å². The van der Waals surface area contributed by atoms with E-state index in [0.717, 1.165) is 33.0 Å². The smallest absolute Gasteiger partial charge is 0.350 e. The summed E-state index contributed by atoms with van der Waals surface area (Å²) < 4.78 is 37.7. The molecule has 0 atom stereocenters. The molecule has 150 valence electrons. The summed E-state index contributed by atoms with van der Waals surface area (Å²) in [5.74, 6) is 0.468. The van der Waals surface area contributed by atoms with Crippen molar-refractivity contribution in [2.75, 3.05) is 7.05 Å². The Morgan fingerprint density at radius 3 is 2.18 bits per heavy atom. The standard InChI is InChI=1S/C17H16F3N5S2.HI/c1-21-16(23-8-15-25-13(10-27-15)17(18,19)20)22-7-14-24-12(9-26-14)11-5-3-2-4-6-11;/h2-6,9-10H,7-8H2,1H3,(H2,21,22,23);1H. The Hall–Kier alpha value is -1.73. The Bertz CT molecular complexity index is 909. The van der Waals surface area contributed by atoms with Crippen molar-refractivity contribution >= 4 is 52.6 Å². The highest BCUT2D eigenvalue weighted by molar-refractivity contribution is 14.0. The molecule has 0 radical (unpaired) electrons. The first-order valence-corrected chi connectivity index (χ1v) is 9.67. The SMILES string of the molecule is CN=C(NCc1nc(-c2ccccc2)cs1)NCc1nc(C(F)(F)F)cs1.I. The van der Waals surface area contributed by atoms with Crippen molar-refractivity contribution in [2.24, 2.45) is 4.99 Å². The third-order valence-electron chi connectivity index (χ3n) is 3.50. The Morgan fingerprint density at radius 1 is 1.00 bits per heavy atom. The summed E-state index contributed by atoms with van der Waals surface area (Å²) in [7, 11) is 1.59. The monoisotopic (exact) mass is 539 g/mol. The van der Waals surface area contributed by atoms with Gasteiger partial charge in [-0.15, -0.1) is 46.7 Å². The van der Waals surface area contributed by atoms with Gasteiger partial charge in [0.05, 0.1) is 18.8 Å². The normalized spacial score (nSPS) is 11.8. The minimum atomic E-state index is -4.42. The number of aromatic nitrogens is 2. The summed E-state index contributed by atoms with van der Waals surface area (Å²) >= 11 is 2.48. The van der Waals surface area contributed by atoms with E-state index in [9.17, 15) is 13.2 Å². The van der Waals surface area contributed by atoms with Gasteiger partial charge in [0.25, 0.3) is 0 Å². The molecule has 0 fully saturated rings. The molecule has 2 heterocycles. The van der Waals surface area contributed by atoms with Gasteiger partial charge >= 0.3 is 6.18 Å². The van der Waals surface area contributed by atoms with E-state index in [1.54, 1.807) is 7.05 Å². The fourth-order valence-electron chi connectivity index (χ4n) is 2.20. The fourth-order valence-corrected chi connectivity index (χ4v) is 3.68. The summed E-state index contributed by atoms with van der Waals surface area (Å²) in [6.07, 6.45) is -4.42. The molecule has 0 spiro atoms. The highest BCUT2D eigenvalue weighted by Gasteiger charge is 2.33. The van der Waals surface area contributed by atoms with Crippen LogP contribution in [0.15, 0.2) is 46.1 Å². The van der Waals surface area contributed by atoms with Gasteiger partial charge in [0.15, 0.2) is 11.7 Å². The predicted molar refractivity (Wildman–Crippen MR) is 117 cm³/mol. The van der Waals surface area contributed by atoms with Crippen molar-refractivity contribution in [1.29, 1.82) is 0 Å². The van der Waals surface area contributed by atoms with Crippen LogP contribution in [-0.2, 0) is 19.3 Å². The lowest BCUT2D eigenvalue weighted by atomic mass is 10.2. The van der Waals surface area contributed by atoms with E-state index in [0.29, 0.717) is 17.5 Å². The maximum absolute atomic E-state index is 12.6. The predicted octanol–water partition coefficient (Wildman–Crippen LogP) is 4.77. The first-order chi connectivity index (χ1) is 13.0. The van der Waals surface area contributed by atoms with Crippen molar-refractivity contribution < 1.29 is 13.2 Å². The van der Waals surface area contributed by atoms with E-state index in [1.807, 2.05) is 35.7 Å². The highest BCUT2D eigenvalue weighted by Crippen LogP contribution is 2.29. The van der Waals surface area contributed by atoms with Gasteiger partial charge in [-0.1, -0.05) is 30.3 Å². The average Bonchev–Trinajstić information content (AvgIpc) is 3.32. The quantitative estimate of drug-likeness (QED) is 0.279. The lowest BCUT2D eigenvalue weighted by molar-refractivity contribution is -0.140. The molecule has 0 aliphatic heterocycles. The van der Waals surface area contributed by atoms with Crippen LogP contribution in [0, 0.1) is 0 Å². The average molecular weight is 539 g/mol. The molecule has 2 N–H and O–H groups in total. The van der Waals surface area contributed by atoms with E-state index < -0.39 is 11.9 Å². The van der Waals surface area contributed by atoms with Crippen LogP contribution in [0.4, 0.5) is 13.2 Å². The number of rotatable bonds is 5. The van der Waals surface area contributed by atoms with Crippen LogP contribution in [0.1, 0.15) is 15.7 Å². The summed E-state index contributed by atoms with van der Waals surface area (Å²) in [4.78, 5) is 12.2. The van der Waals surface area contributed by atoms with Gasteiger partial charge in [-0.05, 0) is 0 Å². The Morgan fingerprint density at radius 2 is 1.61 bits per heavy atom. The molecule has 1 aromatic carbocycles. The van der Waals surface area contributed by atoms with Crippen molar-refractivity contribution in [2.45, 2.75) is 19.3 Å². The molecule has 3 aromatic rings. The number of halogens is 4. The van der Waals surface area contributed by atoms with Crippen LogP contribution in [-0.4, -0.2) is 23.0 Å². The number of nitrogens with one attached hydrogen (secondary N) is 2. The van der Waals surface area contributed by atoms with E-state index in [4.69, 9.17) is 0 Å². The number of benzene rings is 1. The van der Waals surface area contributed by atoms with E-state index in [2.05, 4.69) is 25.6 Å². The summed E-state index contributed by atoms with van der Waals surface area (Å²) in [5.41, 5.74) is 1.08. The largest absolute Gasteiger partial charge is 0.434 e. The number of aliphatic imine (C=N–C) groups is 1. The summed E-state index contributed by atoms with van der Waals surface area (Å²) in [6, 6.07) is 9.86. The third kappa shape index (κ3) is 6.14. The first kappa shape index (κ1) is 22.6. The maximum Gasteiger partial charge on any atom is 0.434 e. The van der Waals surface area contributed by atoms with Gasteiger partial charge in [-0.3, -0.25) is 4.99 Å². The number of hydrogen-bond donors (Lipinski definition) is 2. The fraction of sp³-hybridized carbons (Fsp3) is 0.235. The van der Waals surface area contributed by atoms with Gasteiger partial charge in [-0.2, -0.15) is 13.2 Å². The number of guanidine groups is 1. The molecule has 0 unspecified atom stereocenters. The zero-order valence-corrected chi connectivity index (χ0v) is 18.6. The second kappa shape index (κ2) is 10.2. The molecule has 5 nitrogen and oxygen atoms in total. The van der Waals surface area contributed by atoms with Crippen molar-refractivity contribution in [3.63, 3.8) is 0 Å². The molecule has 3 rings (SSSR count). The molecular weight excluding hydrogens is 522 g/mol. The Balaban J connectivity index is 0.00000280. The van der Waals surface area contributed by atoms with Crippen LogP contribution in [0.5, 0.6) is 0 Å². The Kier molecular flexibility index (Phi) is 8.19. The molecule has 11 heteroatoms. The second-order valence-electron chi connectivity index (χ2n) is 5.40. The molecule has 0 aliphatic carbocycles.